The van der Waals surface area contributed by atoms with Gasteiger partial charge in [-0.25, -0.2) is 13.8 Å². The first kappa shape index (κ1) is 21.6. The summed E-state index contributed by atoms with van der Waals surface area (Å²) < 4.78 is 15.4. The third-order valence-electron chi connectivity index (χ3n) is 6.38. The van der Waals surface area contributed by atoms with Crippen LogP contribution in [0, 0.1) is 5.82 Å². The van der Waals surface area contributed by atoms with Crippen molar-refractivity contribution in [1.29, 1.82) is 0 Å². The first-order chi connectivity index (χ1) is 16.4. The Hall–Kier alpha value is -4.20. The van der Waals surface area contributed by atoms with Gasteiger partial charge in [-0.3, -0.25) is 14.2 Å². The molecule has 1 unspecified atom stereocenters. The van der Waals surface area contributed by atoms with Crippen LogP contribution in [0.5, 0.6) is 5.75 Å². The number of carbonyl (C=O) groups excluding carboxylic acids is 1. The second-order valence-corrected chi connectivity index (χ2v) is 8.40. The molecule has 2 heterocycles. The van der Waals surface area contributed by atoms with Gasteiger partial charge in [-0.1, -0.05) is 54.6 Å². The van der Waals surface area contributed by atoms with Gasteiger partial charge in [-0.15, -0.1) is 0 Å². The van der Waals surface area contributed by atoms with Crippen molar-refractivity contribution in [3.8, 4) is 5.75 Å². The Morgan fingerprint density at radius 2 is 1.65 bits per heavy atom. The van der Waals surface area contributed by atoms with Crippen LogP contribution in [0.3, 0.4) is 0 Å². The molecule has 0 bridgehead atoms. The summed E-state index contributed by atoms with van der Waals surface area (Å²) >= 11 is 0. The second-order valence-electron chi connectivity index (χ2n) is 8.40. The highest BCUT2D eigenvalue weighted by atomic mass is 19.1. The van der Waals surface area contributed by atoms with Gasteiger partial charge in [0, 0.05) is 19.6 Å². The second kappa shape index (κ2) is 8.30. The molecule has 1 atom stereocenters. The SMILES string of the molecule is CC(c1cccc2ccccc12)n1c(=O)c(O)c2n(c1=O)CCN(Cc1ccc(F)cc1)C2=O. The minimum atomic E-state index is -0.909. The molecule has 3 aromatic carbocycles. The number of fused-ring (bicyclic) bond motifs is 2. The van der Waals surface area contributed by atoms with E-state index in [9.17, 15) is 23.9 Å². The molecule has 0 saturated carbocycles. The van der Waals surface area contributed by atoms with Crippen molar-refractivity contribution < 1.29 is 14.3 Å². The van der Waals surface area contributed by atoms with Crippen LogP contribution < -0.4 is 11.2 Å². The molecule has 5 rings (SSSR count). The molecule has 0 saturated heterocycles. The van der Waals surface area contributed by atoms with E-state index >= 15 is 0 Å². The smallest absolute Gasteiger partial charge is 0.332 e. The van der Waals surface area contributed by atoms with Crippen LogP contribution in [0.15, 0.2) is 76.3 Å². The standard InChI is InChI=1S/C26H22FN3O4/c1-16(20-8-4-6-18-5-2-3-7-21(18)20)30-25(33)23(31)22-24(32)28(13-14-29(22)26(30)34)15-17-9-11-19(27)12-10-17/h2-12,16,31H,13-15H2,1H3. The number of rotatable bonds is 4. The Morgan fingerprint density at radius 1 is 0.941 bits per heavy atom. The molecular weight excluding hydrogens is 437 g/mol. The topological polar surface area (TPSA) is 84.5 Å². The molecule has 0 radical (unpaired) electrons. The normalized spacial score (nSPS) is 14.3. The Kier molecular flexibility index (Phi) is 5.28. The highest BCUT2D eigenvalue weighted by Gasteiger charge is 2.33. The molecule has 34 heavy (non-hydrogen) atoms. The molecule has 172 valence electrons. The van der Waals surface area contributed by atoms with Crippen LogP contribution in [0.2, 0.25) is 0 Å². The summed E-state index contributed by atoms with van der Waals surface area (Å²) in [6.45, 7) is 2.23. The maximum atomic E-state index is 13.4. The van der Waals surface area contributed by atoms with Crippen LogP contribution in [0.4, 0.5) is 4.39 Å². The van der Waals surface area contributed by atoms with Crippen molar-refractivity contribution in [1.82, 2.24) is 14.0 Å². The molecule has 1 amide bonds. The number of nitrogens with zero attached hydrogens (tertiary/aromatic N) is 3. The van der Waals surface area contributed by atoms with Crippen LogP contribution in [0.1, 0.15) is 34.6 Å². The fourth-order valence-corrected chi connectivity index (χ4v) is 4.61. The summed E-state index contributed by atoms with van der Waals surface area (Å²) in [5.74, 6) is -1.75. The third kappa shape index (κ3) is 3.48. The van der Waals surface area contributed by atoms with Crippen molar-refractivity contribution in [2.75, 3.05) is 6.54 Å². The zero-order chi connectivity index (χ0) is 24.0. The molecule has 7 nitrogen and oxygen atoms in total. The summed E-state index contributed by atoms with van der Waals surface area (Å²) in [5.41, 5.74) is -0.410. The quantitative estimate of drug-likeness (QED) is 0.508. The Balaban J connectivity index is 1.57. The van der Waals surface area contributed by atoms with Gasteiger partial charge >= 0.3 is 5.69 Å². The van der Waals surface area contributed by atoms with Gasteiger partial charge < -0.3 is 10.0 Å². The van der Waals surface area contributed by atoms with E-state index in [-0.39, 0.29) is 31.1 Å². The number of carbonyl (C=O) groups is 1. The average Bonchev–Trinajstić information content (AvgIpc) is 2.84. The summed E-state index contributed by atoms with van der Waals surface area (Å²) in [7, 11) is 0. The summed E-state index contributed by atoms with van der Waals surface area (Å²) in [6.07, 6.45) is 0. The lowest BCUT2D eigenvalue weighted by atomic mass is 9.99. The highest BCUT2D eigenvalue weighted by molar-refractivity contribution is 5.95. The number of benzene rings is 3. The van der Waals surface area contributed by atoms with Crippen molar-refractivity contribution in [2.24, 2.45) is 0 Å². The lowest BCUT2D eigenvalue weighted by Gasteiger charge is -2.30. The van der Waals surface area contributed by atoms with Gasteiger partial charge in [0.2, 0.25) is 5.75 Å². The van der Waals surface area contributed by atoms with Crippen molar-refractivity contribution in [2.45, 2.75) is 26.1 Å². The number of amides is 1. The first-order valence-electron chi connectivity index (χ1n) is 11.0. The van der Waals surface area contributed by atoms with Gasteiger partial charge in [0.25, 0.3) is 11.5 Å². The van der Waals surface area contributed by atoms with Gasteiger partial charge in [-0.2, -0.15) is 0 Å². The Morgan fingerprint density at radius 3 is 2.41 bits per heavy atom. The number of aromatic nitrogens is 2. The van der Waals surface area contributed by atoms with Crippen LogP contribution in [-0.4, -0.2) is 31.6 Å². The molecule has 1 aromatic heterocycles. The van der Waals surface area contributed by atoms with E-state index in [2.05, 4.69) is 0 Å². The van der Waals surface area contributed by atoms with E-state index in [1.165, 1.54) is 21.6 Å². The number of hydrogen-bond acceptors (Lipinski definition) is 4. The van der Waals surface area contributed by atoms with Gasteiger partial charge in [0.05, 0.1) is 6.04 Å². The highest BCUT2D eigenvalue weighted by Crippen LogP contribution is 2.27. The summed E-state index contributed by atoms with van der Waals surface area (Å²) in [6, 6.07) is 18.4. The number of aromatic hydroxyl groups is 1. The zero-order valence-electron chi connectivity index (χ0n) is 18.4. The van der Waals surface area contributed by atoms with E-state index in [0.717, 1.165) is 20.9 Å². The maximum absolute atomic E-state index is 13.4. The van der Waals surface area contributed by atoms with Crippen LogP contribution in [-0.2, 0) is 13.1 Å². The lowest BCUT2D eigenvalue weighted by Crippen LogP contribution is -2.50. The lowest BCUT2D eigenvalue weighted by molar-refractivity contribution is 0.0677. The van der Waals surface area contributed by atoms with Crippen LogP contribution in [0.25, 0.3) is 10.8 Å². The van der Waals surface area contributed by atoms with Crippen LogP contribution >= 0.6 is 0 Å². The molecule has 8 heteroatoms. The molecule has 1 aliphatic heterocycles. The van der Waals surface area contributed by atoms with E-state index in [1.54, 1.807) is 19.1 Å². The number of hydrogen-bond donors (Lipinski definition) is 1. The van der Waals surface area contributed by atoms with Crippen molar-refractivity contribution in [3.63, 3.8) is 0 Å². The molecular formula is C26H22FN3O4. The van der Waals surface area contributed by atoms with Gasteiger partial charge in [0.1, 0.15) is 5.82 Å². The van der Waals surface area contributed by atoms with Crippen molar-refractivity contribution in [3.05, 3.63) is 110 Å². The zero-order valence-corrected chi connectivity index (χ0v) is 18.4. The molecule has 0 spiro atoms. The summed E-state index contributed by atoms with van der Waals surface area (Å²) in [4.78, 5) is 41.1. The maximum Gasteiger partial charge on any atom is 0.332 e. The molecule has 1 N–H and O–H groups in total. The Labute approximate surface area is 193 Å². The largest absolute Gasteiger partial charge is 0.501 e. The number of halogens is 1. The predicted molar refractivity (Wildman–Crippen MR) is 126 cm³/mol. The first-order valence-corrected chi connectivity index (χ1v) is 11.0. The average molecular weight is 459 g/mol. The predicted octanol–water partition coefficient (Wildman–Crippen LogP) is 3.27. The Bertz CT molecular complexity index is 1530. The monoisotopic (exact) mass is 459 g/mol. The third-order valence-corrected chi connectivity index (χ3v) is 6.38. The minimum absolute atomic E-state index is 0.122. The fourth-order valence-electron chi connectivity index (χ4n) is 4.61. The van der Waals surface area contributed by atoms with E-state index in [4.69, 9.17) is 0 Å². The molecule has 1 aliphatic rings. The van der Waals surface area contributed by atoms with Gasteiger partial charge in [0.15, 0.2) is 5.69 Å². The van der Waals surface area contributed by atoms with E-state index in [1.807, 2.05) is 42.5 Å². The van der Waals surface area contributed by atoms with Gasteiger partial charge in [-0.05, 0) is 41.0 Å². The molecule has 0 fully saturated rings. The molecule has 4 aromatic rings. The van der Waals surface area contributed by atoms with E-state index in [0.29, 0.717) is 5.56 Å². The fraction of sp³-hybridized carbons (Fsp3) is 0.192. The van der Waals surface area contributed by atoms with E-state index < -0.39 is 28.9 Å². The van der Waals surface area contributed by atoms with Crippen molar-refractivity contribution >= 4 is 16.7 Å². The minimum Gasteiger partial charge on any atom is -0.501 e. The summed E-state index contributed by atoms with van der Waals surface area (Å²) in [5, 5.41) is 12.6. The molecule has 0 aliphatic carbocycles.